The average molecular weight is 475 g/mol. The average Bonchev–Trinajstić information content (AvgIpc) is 3.37. The molecule has 35 heavy (non-hydrogen) atoms. The number of likely N-dealkylation sites (tertiary alicyclic amines) is 1. The number of aliphatic hydroxyl groups is 1. The minimum atomic E-state index is -0.869. The topological polar surface area (TPSA) is 57.9 Å². The van der Waals surface area contributed by atoms with Crippen molar-refractivity contribution in [1.82, 2.24) is 9.47 Å². The Morgan fingerprint density at radius 3 is 2.74 bits per heavy atom. The van der Waals surface area contributed by atoms with Crippen LogP contribution >= 0.6 is 0 Å². The van der Waals surface area contributed by atoms with Gasteiger partial charge in [0, 0.05) is 30.3 Å². The van der Waals surface area contributed by atoms with Gasteiger partial charge in [0.15, 0.2) is 17.6 Å². The molecule has 1 aromatic heterocycles. The highest BCUT2D eigenvalue weighted by Crippen LogP contribution is 2.69. The number of likely N-dealkylation sites (N-methyl/N-ethyl adjacent to an activating group) is 1. The number of hydrogen-bond donors (Lipinski definition) is 2. The summed E-state index contributed by atoms with van der Waals surface area (Å²) in [4.78, 5) is 2.40. The summed E-state index contributed by atoms with van der Waals surface area (Å²) < 4.78 is 9.59. The summed E-state index contributed by atoms with van der Waals surface area (Å²) in [6, 6.07) is 3.99. The van der Waals surface area contributed by atoms with Gasteiger partial charge in [0.25, 0.3) is 0 Å². The van der Waals surface area contributed by atoms with Crippen molar-refractivity contribution < 1.29 is 14.9 Å². The van der Waals surface area contributed by atoms with Crippen molar-refractivity contribution in [1.29, 1.82) is 0 Å². The highest BCUT2D eigenvalue weighted by atomic mass is 16.5. The quantitative estimate of drug-likeness (QED) is 0.669. The van der Waals surface area contributed by atoms with Gasteiger partial charge in [-0.15, -0.1) is 0 Å². The highest BCUT2D eigenvalue weighted by molar-refractivity contribution is 5.65. The van der Waals surface area contributed by atoms with Crippen LogP contribution in [0.15, 0.2) is 12.1 Å². The predicted molar refractivity (Wildman–Crippen MR) is 134 cm³/mol. The first-order valence-corrected chi connectivity index (χ1v) is 14.2. The molecule has 1 spiro atoms. The number of piperidine rings is 1. The van der Waals surface area contributed by atoms with Gasteiger partial charge in [-0.3, -0.25) is 0 Å². The zero-order valence-electron chi connectivity index (χ0n) is 21.0. The third-order valence-corrected chi connectivity index (χ3v) is 11.1. The van der Waals surface area contributed by atoms with Crippen LogP contribution in [0.1, 0.15) is 91.1 Å². The molecule has 2 aliphatic heterocycles. The number of rotatable bonds is 2. The van der Waals surface area contributed by atoms with Crippen LogP contribution in [0.25, 0.3) is 0 Å². The Morgan fingerprint density at radius 1 is 1.06 bits per heavy atom. The second-order valence-corrected chi connectivity index (χ2v) is 12.6. The Kier molecular flexibility index (Phi) is 4.27. The molecular formula is C30H38N2O3. The molecule has 0 amide bonds. The lowest BCUT2D eigenvalue weighted by Gasteiger charge is -2.62. The van der Waals surface area contributed by atoms with E-state index in [1.54, 1.807) is 0 Å². The van der Waals surface area contributed by atoms with Crippen LogP contribution in [0.3, 0.4) is 0 Å². The van der Waals surface area contributed by atoms with E-state index in [0.717, 1.165) is 56.7 Å². The van der Waals surface area contributed by atoms with E-state index in [2.05, 4.69) is 22.6 Å². The summed E-state index contributed by atoms with van der Waals surface area (Å²) >= 11 is 0. The van der Waals surface area contributed by atoms with E-state index in [1.807, 2.05) is 6.07 Å². The highest BCUT2D eigenvalue weighted by Gasteiger charge is 2.72. The summed E-state index contributed by atoms with van der Waals surface area (Å²) in [5, 5.41) is 23.8. The molecular weight excluding hydrogens is 436 g/mol. The summed E-state index contributed by atoms with van der Waals surface area (Å²) in [7, 11) is 2.19. The van der Waals surface area contributed by atoms with Gasteiger partial charge < -0.3 is 24.4 Å². The molecule has 8 rings (SSSR count). The molecule has 1 aromatic carbocycles. The van der Waals surface area contributed by atoms with E-state index >= 15 is 0 Å². The number of phenols is 1. The second kappa shape index (κ2) is 7.07. The maximum atomic E-state index is 12.8. The Bertz CT molecular complexity index is 1200. The van der Waals surface area contributed by atoms with E-state index in [0.29, 0.717) is 5.75 Å². The molecule has 3 heterocycles. The maximum absolute atomic E-state index is 12.8. The summed E-state index contributed by atoms with van der Waals surface area (Å²) in [5.74, 6) is 1.64. The van der Waals surface area contributed by atoms with Gasteiger partial charge in [0.2, 0.25) is 0 Å². The second-order valence-electron chi connectivity index (χ2n) is 12.6. The van der Waals surface area contributed by atoms with Crippen LogP contribution in [0.5, 0.6) is 11.5 Å². The molecule has 0 unspecified atom stereocenters. The largest absolute Gasteiger partial charge is 0.504 e. The normalized spacial score (nSPS) is 35.3. The van der Waals surface area contributed by atoms with Crippen molar-refractivity contribution in [3.63, 3.8) is 0 Å². The molecule has 2 N–H and O–H groups in total. The van der Waals surface area contributed by atoms with Crippen LogP contribution in [0.2, 0.25) is 0 Å². The smallest absolute Gasteiger partial charge is 0.166 e. The molecule has 5 heteroatoms. The fourth-order valence-corrected chi connectivity index (χ4v) is 9.50. The number of benzene rings is 1. The van der Waals surface area contributed by atoms with E-state index in [9.17, 15) is 10.2 Å². The zero-order valence-corrected chi connectivity index (χ0v) is 21.0. The minimum Gasteiger partial charge on any atom is -0.504 e. The first-order chi connectivity index (χ1) is 17.0. The first-order valence-electron chi connectivity index (χ1n) is 14.2. The number of nitrogens with zero attached hydrogens (tertiary/aromatic N) is 2. The Balaban J connectivity index is 1.38. The molecule has 2 aromatic rings. The number of ether oxygens (including phenoxy) is 1. The molecule has 4 atom stereocenters. The lowest BCUT2D eigenvalue weighted by molar-refractivity contribution is -0.168. The first kappa shape index (κ1) is 21.1. The molecule has 1 saturated carbocycles. The lowest BCUT2D eigenvalue weighted by atomic mass is 9.49. The third-order valence-electron chi connectivity index (χ3n) is 11.1. The van der Waals surface area contributed by atoms with Crippen LogP contribution in [-0.2, 0) is 37.6 Å². The van der Waals surface area contributed by atoms with Crippen molar-refractivity contribution >= 4 is 0 Å². The van der Waals surface area contributed by atoms with E-state index < -0.39 is 11.0 Å². The van der Waals surface area contributed by atoms with Gasteiger partial charge in [0.1, 0.15) is 0 Å². The Labute approximate surface area is 208 Å². The summed E-state index contributed by atoms with van der Waals surface area (Å²) in [5.41, 5.74) is 6.88. The van der Waals surface area contributed by atoms with Crippen LogP contribution in [0.4, 0.5) is 0 Å². The van der Waals surface area contributed by atoms with Crippen molar-refractivity contribution in [3.05, 3.63) is 45.8 Å². The Hall–Kier alpha value is -1.98. The SMILES string of the molecule is CN1CC[C@]23c4c5ccc(O)c4O[C@H]2c2c(c4c(n2CC2CCCCC2)CCCC4)C[C@@]3(O)[C@H]1C5. The van der Waals surface area contributed by atoms with Crippen molar-refractivity contribution in [2.24, 2.45) is 5.92 Å². The summed E-state index contributed by atoms with van der Waals surface area (Å²) in [6.07, 6.45) is 13.8. The fourth-order valence-electron chi connectivity index (χ4n) is 9.50. The molecule has 2 fully saturated rings. The van der Waals surface area contributed by atoms with Gasteiger partial charge in [-0.05, 0) is 93.6 Å². The standard InChI is InChI=1S/C30H38N2O3/c1-31-14-13-29-25-19-11-12-23(33)27(25)35-28(29)26-21(16-30(29,34)24(31)15-19)20-9-5-6-10-22(20)32(26)17-18-7-3-2-4-8-18/h11-12,18,24,28,33-34H,2-10,13-17H2,1H3/t24-,28+,29+,30-/m1/s1. The van der Waals surface area contributed by atoms with Crippen LogP contribution < -0.4 is 4.74 Å². The predicted octanol–water partition coefficient (Wildman–Crippen LogP) is 4.57. The van der Waals surface area contributed by atoms with Gasteiger partial charge in [-0.1, -0.05) is 25.3 Å². The molecule has 4 aliphatic carbocycles. The van der Waals surface area contributed by atoms with Gasteiger partial charge in [-0.2, -0.15) is 0 Å². The van der Waals surface area contributed by atoms with Gasteiger partial charge >= 0.3 is 0 Å². The van der Waals surface area contributed by atoms with E-state index in [1.165, 1.54) is 73.0 Å². The minimum absolute atomic E-state index is 0.0828. The van der Waals surface area contributed by atoms with E-state index in [4.69, 9.17) is 4.74 Å². The lowest BCUT2D eigenvalue weighted by Crippen LogP contribution is -2.74. The number of phenolic OH excluding ortho intramolecular Hbond substituents is 1. The third kappa shape index (κ3) is 2.47. The molecule has 5 nitrogen and oxygen atoms in total. The molecule has 1 saturated heterocycles. The number of aromatic hydroxyl groups is 1. The molecule has 2 bridgehead atoms. The van der Waals surface area contributed by atoms with Crippen LogP contribution in [-0.4, -0.2) is 44.9 Å². The number of hydrogen-bond acceptors (Lipinski definition) is 4. The van der Waals surface area contributed by atoms with Crippen molar-refractivity contribution in [2.45, 2.75) is 107 Å². The number of fused-ring (bicyclic) bond motifs is 4. The fraction of sp³-hybridized carbons (Fsp3) is 0.667. The van der Waals surface area contributed by atoms with E-state index in [-0.39, 0.29) is 17.9 Å². The summed E-state index contributed by atoms with van der Waals surface area (Å²) in [6.45, 7) is 2.06. The maximum Gasteiger partial charge on any atom is 0.166 e. The van der Waals surface area contributed by atoms with Crippen molar-refractivity contribution in [2.75, 3.05) is 13.6 Å². The molecule has 0 radical (unpaired) electrons. The van der Waals surface area contributed by atoms with Crippen LogP contribution in [0, 0.1) is 5.92 Å². The monoisotopic (exact) mass is 474 g/mol. The zero-order chi connectivity index (χ0) is 23.5. The molecule has 186 valence electrons. The number of aromatic nitrogens is 1. The molecule has 6 aliphatic rings. The van der Waals surface area contributed by atoms with Crippen molar-refractivity contribution in [3.8, 4) is 11.5 Å². The van der Waals surface area contributed by atoms with Gasteiger partial charge in [-0.25, -0.2) is 0 Å². The van der Waals surface area contributed by atoms with Gasteiger partial charge in [0.05, 0.1) is 16.7 Å². The Morgan fingerprint density at radius 2 is 1.89 bits per heavy atom.